The lowest BCUT2D eigenvalue weighted by Crippen LogP contribution is -2.14. The van der Waals surface area contributed by atoms with E-state index in [1.165, 1.54) is 26.9 Å². The summed E-state index contributed by atoms with van der Waals surface area (Å²) in [4.78, 5) is 1.43. The number of nitrogens with two attached hydrogens (primary N) is 1. The first-order valence-corrected chi connectivity index (χ1v) is 8.33. The maximum atomic E-state index is 6.11. The van der Waals surface area contributed by atoms with E-state index in [2.05, 4.69) is 42.2 Å². The second-order valence-electron chi connectivity index (χ2n) is 5.52. The van der Waals surface area contributed by atoms with Gasteiger partial charge in [0.25, 0.3) is 0 Å². The number of fused-ring (bicyclic) bond motifs is 1. The Morgan fingerprint density at radius 3 is 2.81 bits per heavy atom. The van der Waals surface area contributed by atoms with E-state index < -0.39 is 0 Å². The van der Waals surface area contributed by atoms with E-state index in [-0.39, 0.29) is 0 Å². The van der Waals surface area contributed by atoms with E-state index in [9.17, 15) is 0 Å². The van der Waals surface area contributed by atoms with Crippen molar-refractivity contribution in [2.75, 3.05) is 6.54 Å². The van der Waals surface area contributed by atoms with E-state index in [0.717, 1.165) is 11.4 Å². The topological polar surface area (TPSA) is 30.9 Å². The normalized spacial score (nSPS) is 13.0. The molecule has 2 nitrogen and oxygen atoms in total. The molecule has 2 heterocycles. The highest BCUT2D eigenvalue weighted by Gasteiger charge is 2.18. The summed E-state index contributed by atoms with van der Waals surface area (Å²) in [5, 5.41) is 4.18. The molecule has 0 aliphatic heterocycles. The van der Waals surface area contributed by atoms with Gasteiger partial charge in [0.15, 0.2) is 0 Å². The smallest absolute Gasteiger partial charge is 0.0495 e. The minimum atomic E-state index is 0.340. The summed E-state index contributed by atoms with van der Waals surface area (Å²) in [5.41, 5.74) is 9.92. The molecule has 0 amide bonds. The van der Waals surface area contributed by atoms with Gasteiger partial charge in [0.1, 0.15) is 0 Å². The lowest BCUT2D eigenvalue weighted by Gasteiger charge is -2.14. The van der Waals surface area contributed by atoms with Gasteiger partial charge in [0, 0.05) is 40.0 Å². The molecule has 0 saturated heterocycles. The van der Waals surface area contributed by atoms with Crippen LogP contribution in [-0.2, 0) is 13.5 Å². The molecular formula is C17H19ClN2S. The molecule has 0 spiro atoms. The van der Waals surface area contributed by atoms with Crippen molar-refractivity contribution in [1.82, 2.24) is 4.57 Å². The first kappa shape index (κ1) is 14.6. The van der Waals surface area contributed by atoms with Gasteiger partial charge in [-0.05, 0) is 54.6 Å². The third-order valence-corrected chi connectivity index (χ3v) is 5.39. The summed E-state index contributed by atoms with van der Waals surface area (Å²) in [6, 6.07) is 8.26. The van der Waals surface area contributed by atoms with Crippen LogP contribution in [0.1, 0.15) is 21.9 Å². The van der Waals surface area contributed by atoms with Crippen LogP contribution in [-0.4, -0.2) is 11.1 Å². The SMILES string of the molecule is Cc1ccsc1CC(CN)c1cn(C)c2cc(Cl)ccc12. The molecule has 0 aliphatic rings. The number of rotatable bonds is 4. The maximum Gasteiger partial charge on any atom is 0.0495 e. The molecule has 110 valence electrons. The molecule has 2 aromatic heterocycles. The molecule has 0 fully saturated rings. The van der Waals surface area contributed by atoms with Crippen LogP contribution in [0, 0.1) is 6.92 Å². The van der Waals surface area contributed by atoms with Crippen molar-refractivity contribution in [3.05, 3.63) is 56.9 Å². The lowest BCUT2D eigenvalue weighted by molar-refractivity contribution is 0.701. The van der Waals surface area contributed by atoms with Gasteiger partial charge < -0.3 is 10.3 Å². The third kappa shape index (κ3) is 2.73. The number of thiophene rings is 1. The Balaban J connectivity index is 2.03. The van der Waals surface area contributed by atoms with Gasteiger partial charge in [-0.1, -0.05) is 17.7 Å². The summed E-state index contributed by atoms with van der Waals surface area (Å²) in [6.45, 7) is 2.82. The molecule has 21 heavy (non-hydrogen) atoms. The molecular weight excluding hydrogens is 300 g/mol. The predicted octanol–water partition coefficient (Wildman–Crippen LogP) is 4.49. The Labute approximate surface area is 134 Å². The Bertz CT molecular complexity index is 772. The van der Waals surface area contributed by atoms with Gasteiger partial charge in [-0.2, -0.15) is 0 Å². The monoisotopic (exact) mass is 318 g/mol. The molecule has 0 bridgehead atoms. The Morgan fingerprint density at radius 1 is 1.33 bits per heavy atom. The minimum absolute atomic E-state index is 0.340. The van der Waals surface area contributed by atoms with Crippen molar-refractivity contribution >= 4 is 33.8 Å². The number of hydrogen-bond acceptors (Lipinski definition) is 2. The highest BCUT2D eigenvalue weighted by atomic mass is 35.5. The zero-order valence-corrected chi connectivity index (χ0v) is 13.8. The molecule has 1 unspecified atom stereocenters. The molecule has 0 radical (unpaired) electrons. The average Bonchev–Trinajstić information content (AvgIpc) is 3.01. The van der Waals surface area contributed by atoms with Gasteiger partial charge in [-0.25, -0.2) is 0 Å². The number of halogens is 1. The fraction of sp³-hybridized carbons (Fsp3) is 0.294. The van der Waals surface area contributed by atoms with Gasteiger partial charge >= 0.3 is 0 Å². The van der Waals surface area contributed by atoms with Crippen molar-refractivity contribution in [2.24, 2.45) is 12.8 Å². The standard InChI is InChI=1S/C17H19ClN2S/c1-11-5-6-21-17(11)7-12(9-19)15-10-20(2)16-8-13(18)3-4-14(15)16/h3-6,8,10,12H,7,9,19H2,1-2H3. The number of hydrogen-bond donors (Lipinski definition) is 1. The van der Waals surface area contributed by atoms with Crippen LogP contribution in [0.3, 0.4) is 0 Å². The van der Waals surface area contributed by atoms with E-state index in [4.69, 9.17) is 17.3 Å². The lowest BCUT2D eigenvalue weighted by atomic mass is 9.94. The van der Waals surface area contributed by atoms with Crippen LogP contribution in [0.4, 0.5) is 0 Å². The van der Waals surface area contributed by atoms with Gasteiger partial charge in [0.05, 0.1) is 0 Å². The molecule has 3 aromatic rings. The predicted molar refractivity (Wildman–Crippen MR) is 92.5 cm³/mol. The summed E-state index contributed by atoms with van der Waals surface area (Å²) in [6.07, 6.45) is 3.20. The minimum Gasteiger partial charge on any atom is -0.350 e. The van der Waals surface area contributed by atoms with E-state index in [1.807, 2.05) is 23.5 Å². The highest BCUT2D eigenvalue weighted by molar-refractivity contribution is 7.10. The first-order valence-electron chi connectivity index (χ1n) is 7.07. The molecule has 2 N–H and O–H groups in total. The van der Waals surface area contributed by atoms with Crippen LogP contribution in [0.5, 0.6) is 0 Å². The van der Waals surface area contributed by atoms with Crippen LogP contribution >= 0.6 is 22.9 Å². The Morgan fingerprint density at radius 2 is 2.14 bits per heavy atom. The number of aryl methyl sites for hydroxylation is 2. The second-order valence-corrected chi connectivity index (χ2v) is 6.96. The molecule has 4 heteroatoms. The molecule has 1 atom stereocenters. The summed E-state index contributed by atoms with van der Waals surface area (Å²) < 4.78 is 2.14. The first-order chi connectivity index (χ1) is 10.1. The summed E-state index contributed by atoms with van der Waals surface area (Å²) in [7, 11) is 2.06. The maximum absolute atomic E-state index is 6.11. The fourth-order valence-corrected chi connectivity index (χ4v) is 4.03. The number of aromatic nitrogens is 1. The average molecular weight is 319 g/mol. The van der Waals surface area contributed by atoms with Gasteiger partial charge in [0.2, 0.25) is 0 Å². The van der Waals surface area contributed by atoms with Gasteiger partial charge in [-0.3, -0.25) is 0 Å². The quantitative estimate of drug-likeness (QED) is 0.755. The summed E-state index contributed by atoms with van der Waals surface area (Å²) >= 11 is 7.93. The molecule has 0 aliphatic carbocycles. The highest BCUT2D eigenvalue weighted by Crippen LogP contribution is 2.32. The van der Waals surface area contributed by atoms with Crippen LogP contribution in [0.2, 0.25) is 5.02 Å². The molecule has 0 saturated carbocycles. The van der Waals surface area contributed by atoms with E-state index in [1.54, 1.807) is 0 Å². The van der Waals surface area contributed by atoms with Crippen molar-refractivity contribution in [2.45, 2.75) is 19.3 Å². The zero-order chi connectivity index (χ0) is 15.0. The van der Waals surface area contributed by atoms with Gasteiger partial charge in [-0.15, -0.1) is 11.3 Å². The van der Waals surface area contributed by atoms with Crippen molar-refractivity contribution in [3.8, 4) is 0 Å². The van der Waals surface area contributed by atoms with E-state index in [0.29, 0.717) is 12.5 Å². The molecule has 3 rings (SSSR count). The van der Waals surface area contributed by atoms with Crippen molar-refractivity contribution in [1.29, 1.82) is 0 Å². The third-order valence-electron chi connectivity index (χ3n) is 4.11. The number of benzene rings is 1. The van der Waals surface area contributed by atoms with E-state index >= 15 is 0 Å². The Kier molecular flexibility index (Phi) is 4.07. The van der Waals surface area contributed by atoms with Crippen molar-refractivity contribution < 1.29 is 0 Å². The Hall–Kier alpha value is -1.29. The van der Waals surface area contributed by atoms with Crippen LogP contribution in [0.15, 0.2) is 35.8 Å². The second kappa shape index (κ2) is 5.84. The van der Waals surface area contributed by atoms with Crippen molar-refractivity contribution in [3.63, 3.8) is 0 Å². The zero-order valence-electron chi connectivity index (χ0n) is 12.3. The van der Waals surface area contributed by atoms with Crippen LogP contribution < -0.4 is 5.73 Å². The summed E-state index contributed by atoms with van der Waals surface area (Å²) in [5.74, 6) is 0.340. The largest absolute Gasteiger partial charge is 0.350 e. The molecule has 1 aromatic carbocycles. The fourth-order valence-electron chi connectivity index (χ4n) is 2.87. The van der Waals surface area contributed by atoms with Crippen LogP contribution in [0.25, 0.3) is 10.9 Å². The number of nitrogens with zero attached hydrogens (tertiary/aromatic N) is 1.